The van der Waals surface area contributed by atoms with Gasteiger partial charge in [0, 0.05) is 23.5 Å². The summed E-state index contributed by atoms with van der Waals surface area (Å²) in [4.78, 5) is 2.05. The number of aromatic nitrogens is 2. The molecule has 1 aliphatic rings. The number of hydrogen-bond acceptors (Lipinski definition) is 4. The molecule has 1 saturated heterocycles. The summed E-state index contributed by atoms with van der Waals surface area (Å²) in [5.74, 6) is 0.501. The van der Waals surface area contributed by atoms with E-state index in [1.54, 1.807) is 0 Å². The van der Waals surface area contributed by atoms with Crippen LogP contribution in [0.4, 0.5) is 0 Å². The van der Waals surface area contributed by atoms with Crippen molar-refractivity contribution in [2.24, 2.45) is 0 Å². The molecule has 0 bridgehead atoms. The fourth-order valence-electron chi connectivity index (χ4n) is 3.04. The molecule has 24 heavy (non-hydrogen) atoms. The highest BCUT2D eigenvalue weighted by Gasteiger charge is 2.30. The largest absolute Gasteiger partial charge is 0.310 e. The van der Waals surface area contributed by atoms with E-state index in [0.29, 0.717) is 22.9 Å². The second kappa shape index (κ2) is 6.63. The first kappa shape index (κ1) is 17.7. The fraction of sp³-hybridized carbons (Fsp3) is 0.438. The second-order valence-electron chi connectivity index (χ2n) is 6.26. The van der Waals surface area contributed by atoms with Crippen LogP contribution in [0.3, 0.4) is 0 Å². The number of imidazole rings is 1. The highest BCUT2D eigenvalue weighted by molar-refractivity contribution is 7.91. The van der Waals surface area contributed by atoms with Crippen LogP contribution in [0.25, 0.3) is 5.69 Å². The van der Waals surface area contributed by atoms with Gasteiger partial charge in [0.1, 0.15) is 0 Å². The Morgan fingerprint density at radius 2 is 2.12 bits per heavy atom. The van der Waals surface area contributed by atoms with Crippen LogP contribution < -0.4 is 0 Å². The van der Waals surface area contributed by atoms with Gasteiger partial charge in [0.15, 0.2) is 14.6 Å². The van der Waals surface area contributed by atoms with Gasteiger partial charge in [0.2, 0.25) is 0 Å². The van der Waals surface area contributed by atoms with E-state index in [4.69, 9.17) is 23.8 Å². The van der Waals surface area contributed by atoms with Crippen LogP contribution in [-0.2, 0) is 16.5 Å². The summed E-state index contributed by atoms with van der Waals surface area (Å²) in [6, 6.07) is 5.79. The van der Waals surface area contributed by atoms with Crippen molar-refractivity contribution in [1.29, 1.82) is 0 Å². The number of benzene rings is 1. The Labute approximate surface area is 152 Å². The Kier molecular flexibility index (Phi) is 4.88. The molecule has 130 valence electrons. The Hall–Kier alpha value is -1.15. The SMILES string of the molecule is Cc1c(Cl)cccc1-n1ccn(CN(C)C2CCS(=O)(=O)C2)c1=S. The second-order valence-corrected chi connectivity index (χ2v) is 9.26. The summed E-state index contributed by atoms with van der Waals surface area (Å²) in [7, 11) is -0.948. The van der Waals surface area contributed by atoms with Crippen molar-refractivity contribution in [3.05, 3.63) is 45.9 Å². The van der Waals surface area contributed by atoms with E-state index < -0.39 is 9.84 Å². The van der Waals surface area contributed by atoms with E-state index in [9.17, 15) is 8.42 Å². The molecule has 1 atom stereocenters. The molecule has 0 aliphatic carbocycles. The Bertz CT molecular complexity index is 918. The molecule has 0 N–H and O–H groups in total. The molecule has 1 aromatic carbocycles. The zero-order valence-electron chi connectivity index (χ0n) is 13.6. The van der Waals surface area contributed by atoms with Crippen molar-refractivity contribution in [2.75, 3.05) is 18.6 Å². The highest BCUT2D eigenvalue weighted by Crippen LogP contribution is 2.23. The van der Waals surface area contributed by atoms with Crippen molar-refractivity contribution in [3.63, 3.8) is 0 Å². The molecule has 1 unspecified atom stereocenters. The van der Waals surface area contributed by atoms with Crippen molar-refractivity contribution in [2.45, 2.75) is 26.1 Å². The third kappa shape index (κ3) is 3.44. The maximum absolute atomic E-state index is 11.7. The normalized spacial score (nSPS) is 19.9. The van der Waals surface area contributed by atoms with E-state index in [-0.39, 0.29) is 17.5 Å². The Balaban J connectivity index is 1.83. The zero-order chi connectivity index (χ0) is 17.5. The molecule has 1 fully saturated rings. The van der Waals surface area contributed by atoms with Crippen LogP contribution in [0.2, 0.25) is 5.02 Å². The lowest BCUT2D eigenvalue weighted by Gasteiger charge is -2.23. The first-order chi connectivity index (χ1) is 11.3. The highest BCUT2D eigenvalue weighted by atomic mass is 35.5. The van der Waals surface area contributed by atoms with E-state index in [0.717, 1.165) is 11.3 Å². The summed E-state index contributed by atoms with van der Waals surface area (Å²) in [6.07, 6.45) is 4.52. The molecule has 0 saturated carbocycles. The molecular weight excluding hydrogens is 366 g/mol. The number of rotatable bonds is 4. The van der Waals surface area contributed by atoms with Gasteiger partial charge in [0.25, 0.3) is 0 Å². The van der Waals surface area contributed by atoms with E-state index in [1.807, 2.05) is 53.7 Å². The van der Waals surface area contributed by atoms with Crippen LogP contribution in [-0.4, -0.2) is 47.0 Å². The van der Waals surface area contributed by atoms with Crippen LogP contribution >= 0.6 is 23.8 Å². The van der Waals surface area contributed by atoms with Crippen LogP contribution in [0.15, 0.2) is 30.6 Å². The minimum atomic E-state index is -2.89. The fourth-order valence-corrected chi connectivity index (χ4v) is 5.29. The third-order valence-electron chi connectivity index (χ3n) is 4.55. The van der Waals surface area contributed by atoms with Crippen molar-refractivity contribution < 1.29 is 8.42 Å². The van der Waals surface area contributed by atoms with Gasteiger partial charge in [-0.25, -0.2) is 8.42 Å². The number of halogens is 1. The van der Waals surface area contributed by atoms with Gasteiger partial charge in [-0.1, -0.05) is 17.7 Å². The van der Waals surface area contributed by atoms with Crippen molar-refractivity contribution in [1.82, 2.24) is 14.0 Å². The van der Waals surface area contributed by atoms with Gasteiger partial charge >= 0.3 is 0 Å². The van der Waals surface area contributed by atoms with Gasteiger partial charge < -0.3 is 4.57 Å². The average Bonchev–Trinajstić information content (AvgIpc) is 3.06. The van der Waals surface area contributed by atoms with Crippen LogP contribution in [0.5, 0.6) is 0 Å². The van der Waals surface area contributed by atoms with E-state index >= 15 is 0 Å². The maximum atomic E-state index is 11.7. The predicted molar refractivity (Wildman–Crippen MR) is 99.2 cm³/mol. The first-order valence-electron chi connectivity index (χ1n) is 7.72. The molecule has 3 rings (SSSR count). The summed E-state index contributed by atoms with van der Waals surface area (Å²) in [5.41, 5.74) is 1.93. The molecule has 2 heterocycles. The standard InChI is InChI=1S/C16H20ClN3O2S2/c1-12-14(17)4-3-5-15(12)20-8-7-19(16(20)23)11-18(2)13-6-9-24(21,22)10-13/h3-5,7-8,13H,6,9-11H2,1-2H3. The Morgan fingerprint density at radius 3 is 2.79 bits per heavy atom. The minimum Gasteiger partial charge on any atom is -0.310 e. The number of nitrogens with zero attached hydrogens (tertiary/aromatic N) is 3. The first-order valence-corrected chi connectivity index (χ1v) is 10.3. The van der Waals surface area contributed by atoms with Gasteiger partial charge in [-0.15, -0.1) is 0 Å². The smallest absolute Gasteiger partial charge is 0.185 e. The maximum Gasteiger partial charge on any atom is 0.185 e. The molecule has 0 radical (unpaired) electrons. The minimum absolute atomic E-state index is 0.0492. The molecule has 0 spiro atoms. The van der Waals surface area contributed by atoms with Gasteiger partial charge in [-0.2, -0.15) is 0 Å². The number of sulfone groups is 1. The molecule has 5 nitrogen and oxygen atoms in total. The molecule has 8 heteroatoms. The average molecular weight is 386 g/mol. The summed E-state index contributed by atoms with van der Waals surface area (Å²) >= 11 is 11.8. The zero-order valence-corrected chi connectivity index (χ0v) is 16.0. The monoisotopic (exact) mass is 385 g/mol. The molecular formula is C16H20ClN3O2S2. The molecule has 2 aromatic rings. The quantitative estimate of drug-likeness (QED) is 0.759. The van der Waals surface area contributed by atoms with Gasteiger partial charge in [-0.3, -0.25) is 9.47 Å². The summed E-state index contributed by atoms with van der Waals surface area (Å²) < 4.78 is 27.8. The topological polar surface area (TPSA) is 47.2 Å². The molecule has 0 amide bonds. The lowest BCUT2D eigenvalue weighted by Crippen LogP contribution is -2.34. The van der Waals surface area contributed by atoms with E-state index in [1.165, 1.54) is 0 Å². The summed E-state index contributed by atoms with van der Waals surface area (Å²) in [6.45, 7) is 2.53. The molecule has 1 aliphatic heterocycles. The van der Waals surface area contributed by atoms with Gasteiger partial charge in [-0.05, 0) is 50.3 Å². The molecule has 1 aromatic heterocycles. The van der Waals surface area contributed by atoms with Crippen LogP contribution in [0.1, 0.15) is 12.0 Å². The number of hydrogen-bond donors (Lipinski definition) is 0. The van der Waals surface area contributed by atoms with E-state index in [2.05, 4.69) is 4.90 Å². The van der Waals surface area contributed by atoms with Gasteiger partial charge in [0.05, 0.1) is 23.9 Å². The summed E-state index contributed by atoms with van der Waals surface area (Å²) in [5, 5.41) is 0.704. The third-order valence-corrected chi connectivity index (χ3v) is 7.14. The lowest BCUT2D eigenvalue weighted by molar-refractivity contribution is 0.207. The van der Waals surface area contributed by atoms with Crippen molar-refractivity contribution in [3.8, 4) is 5.69 Å². The lowest BCUT2D eigenvalue weighted by atomic mass is 10.2. The predicted octanol–water partition coefficient (Wildman–Crippen LogP) is 3.05. The Morgan fingerprint density at radius 1 is 1.38 bits per heavy atom. The van der Waals surface area contributed by atoms with Crippen LogP contribution in [0, 0.1) is 11.7 Å². The van der Waals surface area contributed by atoms with Crippen molar-refractivity contribution >= 4 is 33.7 Å².